The minimum Gasteiger partial charge on any atom is 0 e. The van der Waals surface area contributed by atoms with Crippen LogP contribution in [-0.4, -0.2) is 64.3 Å². The number of hydrogen-bond donors (Lipinski definition) is 0. The van der Waals surface area contributed by atoms with Gasteiger partial charge in [-0.25, -0.2) is 0 Å². The molecule has 0 saturated carbocycles. The van der Waals surface area contributed by atoms with Crippen molar-refractivity contribution >= 4 is 64.3 Å². The summed E-state index contributed by atoms with van der Waals surface area (Å²) in [4.78, 5) is 0. The molecule has 0 aliphatic carbocycles. The molecule has 0 aromatic carbocycles. The summed E-state index contributed by atoms with van der Waals surface area (Å²) in [5, 5.41) is 0. The van der Waals surface area contributed by atoms with Crippen molar-refractivity contribution in [2.45, 2.75) is 0 Å². The van der Waals surface area contributed by atoms with E-state index in [0.717, 1.165) is 0 Å². The summed E-state index contributed by atoms with van der Waals surface area (Å²) in [5.41, 5.74) is 0. The molecular formula is AlMgNbSn. The Hall–Kier alpha value is 2.84. The van der Waals surface area contributed by atoms with Crippen LogP contribution in [0.5, 0.6) is 0 Å². The minimum absolute atomic E-state index is 0. The van der Waals surface area contributed by atoms with Gasteiger partial charge >= 0.3 is 0 Å². The average molecular weight is 263 g/mol. The monoisotopic (exact) mass is 264 g/mol. The van der Waals surface area contributed by atoms with Crippen LogP contribution >= 0.6 is 0 Å². The van der Waals surface area contributed by atoms with Crippen molar-refractivity contribution < 1.29 is 22.4 Å². The molecule has 0 bridgehead atoms. The summed E-state index contributed by atoms with van der Waals surface area (Å²) in [7, 11) is 0. The smallest absolute Gasteiger partial charge is 0 e. The molecule has 0 atom stereocenters. The Kier molecular flexibility index (Phi) is 123. The van der Waals surface area contributed by atoms with Gasteiger partial charge in [-0.3, -0.25) is 0 Å². The second kappa shape index (κ2) is 17.0. The van der Waals surface area contributed by atoms with E-state index in [-0.39, 0.29) is 86.7 Å². The predicted molar refractivity (Wildman–Crippen MR) is 17.3 cm³/mol. The van der Waals surface area contributed by atoms with Gasteiger partial charge in [-0.1, -0.05) is 0 Å². The van der Waals surface area contributed by atoms with Crippen molar-refractivity contribution in [3.63, 3.8) is 0 Å². The third-order valence-electron chi connectivity index (χ3n) is 0. The zero-order valence-corrected chi connectivity index (χ0v) is 9.85. The van der Waals surface area contributed by atoms with Crippen LogP contribution < -0.4 is 0 Å². The van der Waals surface area contributed by atoms with E-state index in [1.54, 1.807) is 0 Å². The Bertz CT molecular complexity index is 8.00. The molecular weight excluding hydrogens is 263 g/mol. The fourth-order valence-corrected chi connectivity index (χ4v) is 0. The van der Waals surface area contributed by atoms with Gasteiger partial charge < -0.3 is 0 Å². The van der Waals surface area contributed by atoms with Gasteiger partial charge in [0.05, 0.1) is 0 Å². The quantitative estimate of drug-likeness (QED) is 0.484. The molecule has 0 fully saturated rings. The zero-order valence-electron chi connectivity index (χ0n) is 2.23. The van der Waals surface area contributed by atoms with Crippen molar-refractivity contribution in [1.29, 1.82) is 0 Å². The molecule has 4 heavy (non-hydrogen) atoms. The third-order valence-corrected chi connectivity index (χ3v) is 0. The van der Waals surface area contributed by atoms with Crippen LogP contribution in [0.4, 0.5) is 0 Å². The van der Waals surface area contributed by atoms with Gasteiger partial charge in [0.1, 0.15) is 0 Å². The first-order valence-corrected chi connectivity index (χ1v) is 0. The van der Waals surface area contributed by atoms with Gasteiger partial charge in [0.2, 0.25) is 0 Å². The Morgan fingerprint density at radius 3 is 1.00 bits per heavy atom. The van der Waals surface area contributed by atoms with Gasteiger partial charge in [-0.05, 0) is 0 Å². The van der Waals surface area contributed by atoms with E-state index in [0.29, 0.717) is 0 Å². The molecule has 0 aliphatic heterocycles. The van der Waals surface area contributed by atoms with Crippen molar-refractivity contribution in [1.82, 2.24) is 0 Å². The van der Waals surface area contributed by atoms with E-state index in [1.165, 1.54) is 0 Å². The van der Waals surface area contributed by atoms with E-state index >= 15 is 0 Å². The number of rotatable bonds is 0. The van der Waals surface area contributed by atoms with Crippen LogP contribution in [0.15, 0.2) is 0 Å². The minimum atomic E-state index is 0. The van der Waals surface area contributed by atoms with Crippen LogP contribution in [-0.2, 0) is 22.4 Å². The molecule has 0 aliphatic rings. The van der Waals surface area contributed by atoms with Crippen LogP contribution in [0.1, 0.15) is 0 Å². The first-order valence-electron chi connectivity index (χ1n) is 0. The second-order valence-corrected chi connectivity index (χ2v) is 0. The largest absolute Gasteiger partial charge is 0 e. The van der Waals surface area contributed by atoms with Crippen molar-refractivity contribution in [3.8, 4) is 0 Å². The fourth-order valence-electron chi connectivity index (χ4n) is 0. The molecule has 0 saturated heterocycles. The average Bonchev–Trinajstić information content (AvgIpc) is 0. The SMILES string of the molecule is [Al].[Mg].[Nb].[Sn]. The molecule has 0 nitrogen and oxygen atoms in total. The molecule has 10 radical (unpaired) electrons. The molecule has 0 unspecified atom stereocenters. The molecule has 0 heterocycles. The maximum absolute atomic E-state index is 0. The predicted octanol–water partition coefficient (Wildman–Crippen LogP) is -1.14. The summed E-state index contributed by atoms with van der Waals surface area (Å²) in [6.07, 6.45) is 0. The van der Waals surface area contributed by atoms with Crippen molar-refractivity contribution in [2.75, 3.05) is 0 Å². The maximum Gasteiger partial charge on any atom is 0 e. The van der Waals surface area contributed by atoms with Crippen LogP contribution in [0, 0.1) is 0 Å². The van der Waals surface area contributed by atoms with E-state index in [2.05, 4.69) is 0 Å². The van der Waals surface area contributed by atoms with Gasteiger partial charge in [-0.2, -0.15) is 0 Å². The molecule has 0 aromatic heterocycles. The van der Waals surface area contributed by atoms with E-state index in [9.17, 15) is 0 Å². The summed E-state index contributed by atoms with van der Waals surface area (Å²) >= 11 is 0. The molecule has 0 aromatic rings. The second-order valence-electron chi connectivity index (χ2n) is 0. The van der Waals surface area contributed by atoms with Crippen LogP contribution in [0.3, 0.4) is 0 Å². The van der Waals surface area contributed by atoms with Gasteiger partial charge in [0.15, 0.2) is 0 Å². The van der Waals surface area contributed by atoms with Crippen LogP contribution in [0.2, 0.25) is 0 Å². The summed E-state index contributed by atoms with van der Waals surface area (Å²) in [6, 6.07) is 0. The van der Waals surface area contributed by atoms with E-state index < -0.39 is 0 Å². The van der Waals surface area contributed by atoms with E-state index in [1.807, 2.05) is 0 Å². The Balaban J connectivity index is 0. The molecule has 0 spiro atoms. The maximum atomic E-state index is 0. The molecule has 0 amide bonds. The Morgan fingerprint density at radius 1 is 1.00 bits per heavy atom. The molecule has 14 valence electrons. The van der Waals surface area contributed by atoms with Gasteiger partial charge in [0, 0.05) is 86.7 Å². The Labute approximate surface area is 85.2 Å². The molecule has 0 rings (SSSR count). The fraction of sp³-hybridized carbons (Fsp3) is 0. The van der Waals surface area contributed by atoms with Crippen LogP contribution in [0.25, 0.3) is 0 Å². The normalized spacial score (nSPS) is 0. The number of hydrogen-bond acceptors (Lipinski definition) is 0. The summed E-state index contributed by atoms with van der Waals surface area (Å²) < 4.78 is 0. The third kappa shape index (κ3) is 8.85. The molecule has 4 heteroatoms. The van der Waals surface area contributed by atoms with Crippen molar-refractivity contribution in [2.24, 2.45) is 0 Å². The Morgan fingerprint density at radius 2 is 1.00 bits per heavy atom. The molecule has 0 N–H and O–H groups in total. The first-order chi connectivity index (χ1) is 0. The zero-order chi connectivity index (χ0) is 0. The van der Waals surface area contributed by atoms with Gasteiger partial charge in [0.25, 0.3) is 0 Å². The summed E-state index contributed by atoms with van der Waals surface area (Å²) in [6.45, 7) is 0. The summed E-state index contributed by atoms with van der Waals surface area (Å²) in [5.74, 6) is 0. The standard InChI is InChI=1S/Al.Mg.Nb.Sn. The van der Waals surface area contributed by atoms with E-state index in [4.69, 9.17) is 0 Å². The van der Waals surface area contributed by atoms with Crippen molar-refractivity contribution in [3.05, 3.63) is 0 Å². The van der Waals surface area contributed by atoms with Gasteiger partial charge in [-0.15, -0.1) is 0 Å². The first kappa shape index (κ1) is 28.9. The topological polar surface area (TPSA) is 0 Å².